The molecule has 0 bridgehead atoms. The van der Waals surface area contributed by atoms with Gasteiger partial charge in [-0.3, -0.25) is 4.79 Å². The van der Waals surface area contributed by atoms with Crippen molar-refractivity contribution in [2.75, 3.05) is 13.7 Å². The molecule has 1 heterocycles. The number of hydrogen-bond acceptors (Lipinski definition) is 4. The lowest BCUT2D eigenvalue weighted by Crippen LogP contribution is -2.21. The van der Waals surface area contributed by atoms with Crippen LogP contribution in [0.4, 0.5) is 0 Å². The van der Waals surface area contributed by atoms with Crippen molar-refractivity contribution in [1.29, 1.82) is 0 Å². The van der Waals surface area contributed by atoms with Crippen LogP contribution >= 0.6 is 0 Å². The Kier molecular flexibility index (Phi) is 3.59. The van der Waals surface area contributed by atoms with E-state index >= 15 is 0 Å². The molecule has 1 saturated carbocycles. The minimum Gasteiger partial charge on any atom is -0.469 e. The molecule has 0 aromatic rings. The lowest BCUT2D eigenvalue weighted by atomic mass is 10.1. The second-order valence-electron chi connectivity index (χ2n) is 4.28. The molecule has 2 unspecified atom stereocenters. The SMILES string of the molecule is COC(=O)CC1COC(C2CCCC2)O1. The van der Waals surface area contributed by atoms with Crippen molar-refractivity contribution in [3.05, 3.63) is 0 Å². The number of ether oxygens (including phenoxy) is 3. The van der Waals surface area contributed by atoms with Gasteiger partial charge in [0.2, 0.25) is 0 Å². The van der Waals surface area contributed by atoms with Crippen molar-refractivity contribution in [2.24, 2.45) is 5.92 Å². The van der Waals surface area contributed by atoms with E-state index in [2.05, 4.69) is 4.74 Å². The highest BCUT2D eigenvalue weighted by atomic mass is 16.7. The van der Waals surface area contributed by atoms with Gasteiger partial charge in [0, 0.05) is 5.92 Å². The summed E-state index contributed by atoms with van der Waals surface area (Å²) in [7, 11) is 1.40. The molecule has 2 fully saturated rings. The predicted octanol–water partition coefficient (Wildman–Crippen LogP) is 1.48. The summed E-state index contributed by atoms with van der Waals surface area (Å²) in [4.78, 5) is 11.0. The highest BCUT2D eigenvalue weighted by molar-refractivity contribution is 5.69. The van der Waals surface area contributed by atoms with Gasteiger partial charge in [-0.05, 0) is 12.8 Å². The average molecular weight is 214 g/mol. The fourth-order valence-electron chi connectivity index (χ4n) is 2.32. The summed E-state index contributed by atoms with van der Waals surface area (Å²) in [6.07, 6.45) is 5.04. The molecule has 86 valence electrons. The molecule has 0 spiro atoms. The summed E-state index contributed by atoms with van der Waals surface area (Å²) in [5.74, 6) is 0.309. The first-order valence-electron chi connectivity index (χ1n) is 5.63. The molecule has 0 aromatic heterocycles. The van der Waals surface area contributed by atoms with E-state index in [1.807, 2.05) is 0 Å². The van der Waals surface area contributed by atoms with Crippen LogP contribution in [0.5, 0.6) is 0 Å². The summed E-state index contributed by atoms with van der Waals surface area (Å²) < 4.78 is 15.9. The van der Waals surface area contributed by atoms with Gasteiger partial charge in [0.1, 0.15) is 0 Å². The number of rotatable bonds is 3. The Labute approximate surface area is 89.9 Å². The molecule has 15 heavy (non-hydrogen) atoms. The summed E-state index contributed by atoms with van der Waals surface area (Å²) in [6.45, 7) is 0.524. The molecule has 0 amide bonds. The molecular weight excluding hydrogens is 196 g/mol. The van der Waals surface area contributed by atoms with Gasteiger partial charge in [-0.2, -0.15) is 0 Å². The molecule has 0 aromatic carbocycles. The molecule has 1 aliphatic heterocycles. The quantitative estimate of drug-likeness (QED) is 0.667. The number of methoxy groups -OCH3 is 1. The van der Waals surface area contributed by atoms with Crippen molar-refractivity contribution >= 4 is 5.97 Å². The van der Waals surface area contributed by atoms with E-state index < -0.39 is 0 Å². The Morgan fingerprint density at radius 3 is 2.80 bits per heavy atom. The van der Waals surface area contributed by atoms with Crippen LogP contribution in [0, 0.1) is 5.92 Å². The standard InChI is InChI=1S/C11H18O4/c1-13-10(12)6-9-7-14-11(15-9)8-4-2-3-5-8/h8-9,11H,2-7H2,1H3. The number of carbonyl (C=O) groups is 1. The van der Waals surface area contributed by atoms with E-state index in [0.29, 0.717) is 18.9 Å². The summed E-state index contributed by atoms with van der Waals surface area (Å²) in [5, 5.41) is 0. The third kappa shape index (κ3) is 2.69. The Bertz CT molecular complexity index is 223. The lowest BCUT2D eigenvalue weighted by Gasteiger charge is -2.16. The van der Waals surface area contributed by atoms with E-state index in [0.717, 1.165) is 0 Å². The van der Waals surface area contributed by atoms with Crippen LogP contribution in [0.15, 0.2) is 0 Å². The Morgan fingerprint density at radius 1 is 1.40 bits per heavy atom. The smallest absolute Gasteiger partial charge is 0.308 e. The topological polar surface area (TPSA) is 44.8 Å². The maximum Gasteiger partial charge on any atom is 0.308 e. The second kappa shape index (κ2) is 4.94. The molecule has 2 aliphatic rings. The fraction of sp³-hybridized carbons (Fsp3) is 0.909. The highest BCUT2D eigenvalue weighted by Gasteiger charge is 2.34. The third-order valence-corrected chi connectivity index (χ3v) is 3.18. The van der Waals surface area contributed by atoms with Crippen molar-refractivity contribution in [3.8, 4) is 0 Å². The minimum absolute atomic E-state index is 0.0813. The first-order valence-corrected chi connectivity index (χ1v) is 5.63. The van der Waals surface area contributed by atoms with Crippen LogP contribution < -0.4 is 0 Å². The summed E-state index contributed by atoms with van der Waals surface area (Å²) in [6, 6.07) is 0. The monoisotopic (exact) mass is 214 g/mol. The number of esters is 1. The van der Waals surface area contributed by atoms with E-state index in [1.54, 1.807) is 0 Å². The Balaban J connectivity index is 1.76. The van der Waals surface area contributed by atoms with Crippen LogP contribution in [0.3, 0.4) is 0 Å². The largest absolute Gasteiger partial charge is 0.469 e. The van der Waals surface area contributed by atoms with E-state index in [4.69, 9.17) is 9.47 Å². The van der Waals surface area contributed by atoms with Gasteiger partial charge in [-0.25, -0.2) is 0 Å². The van der Waals surface area contributed by atoms with Crippen molar-refractivity contribution in [1.82, 2.24) is 0 Å². The highest BCUT2D eigenvalue weighted by Crippen LogP contribution is 2.33. The Morgan fingerprint density at radius 2 is 2.13 bits per heavy atom. The Hall–Kier alpha value is -0.610. The number of hydrogen-bond donors (Lipinski definition) is 0. The second-order valence-corrected chi connectivity index (χ2v) is 4.28. The van der Waals surface area contributed by atoms with Gasteiger partial charge in [-0.15, -0.1) is 0 Å². The van der Waals surface area contributed by atoms with Crippen LogP contribution in [0.25, 0.3) is 0 Å². The molecule has 4 heteroatoms. The molecule has 0 N–H and O–H groups in total. The summed E-state index contributed by atoms with van der Waals surface area (Å²) in [5.41, 5.74) is 0. The zero-order chi connectivity index (χ0) is 10.7. The maximum absolute atomic E-state index is 11.0. The van der Waals surface area contributed by atoms with Gasteiger partial charge in [-0.1, -0.05) is 12.8 Å². The third-order valence-electron chi connectivity index (χ3n) is 3.18. The zero-order valence-electron chi connectivity index (χ0n) is 9.11. The van der Waals surface area contributed by atoms with E-state index in [-0.39, 0.29) is 18.4 Å². The van der Waals surface area contributed by atoms with Crippen LogP contribution in [-0.2, 0) is 19.0 Å². The van der Waals surface area contributed by atoms with Gasteiger partial charge in [0.25, 0.3) is 0 Å². The molecule has 1 saturated heterocycles. The van der Waals surface area contributed by atoms with Gasteiger partial charge in [0.05, 0.1) is 26.2 Å². The fourth-order valence-corrected chi connectivity index (χ4v) is 2.32. The predicted molar refractivity (Wildman–Crippen MR) is 53.2 cm³/mol. The van der Waals surface area contributed by atoms with Gasteiger partial charge < -0.3 is 14.2 Å². The normalized spacial score (nSPS) is 32.1. The van der Waals surface area contributed by atoms with Crippen molar-refractivity contribution < 1.29 is 19.0 Å². The van der Waals surface area contributed by atoms with Crippen molar-refractivity contribution in [3.63, 3.8) is 0 Å². The van der Waals surface area contributed by atoms with Crippen LogP contribution in [0.1, 0.15) is 32.1 Å². The summed E-state index contributed by atoms with van der Waals surface area (Å²) >= 11 is 0. The zero-order valence-corrected chi connectivity index (χ0v) is 9.11. The molecule has 1 aliphatic carbocycles. The molecule has 2 rings (SSSR count). The first kappa shape index (κ1) is 10.9. The molecule has 0 radical (unpaired) electrons. The molecule has 4 nitrogen and oxygen atoms in total. The van der Waals surface area contributed by atoms with Crippen LogP contribution in [-0.4, -0.2) is 32.1 Å². The minimum atomic E-state index is -0.226. The van der Waals surface area contributed by atoms with E-state index in [9.17, 15) is 4.79 Å². The van der Waals surface area contributed by atoms with Gasteiger partial charge in [0.15, 0.2) is 6.29 Å². The van der Waals surface area contributed by atoms with E-state index in [1.165, 1.54) is 32.8 Å². The lowest BCUT2D eigenvalue weighted by molar-refractivity contribution is -0.144. The first-order chi connectivity index (χ1) is 7.29. The average Bonchev–Trinajstić information content (AvgIpc) is 2.85. The number of carbonyl (C=O) groups excluding carboxylic acids is 1. The van der Waals surface area contributed by atoms with Crippen LogP contribution in [0.2, 0.25) is 0 Å². The van der Waals surface area contributed by atoms with Crippen molar-refractivity contribution in [2.45, 2.75) is 44.5 Å². The van der Waals surface area contributed by atoms with Gasteiger partial charge >= 0.3 is 5.97 Å². The molecular formula is C11H18O4. The molecule has 2 atom stereocenters. The maximum atomic E-state index is 11.0.